The number of hydrogen-bond donors (Lipinski definition) is 2. The number of anilines is 1. The molecule has 94 valence electrons. The Kier molecular flexibility index (Phi) is 3.63. The summed E-state index contributed by atoms with van der Waals surface area (Å²) < 4.78 is 0. The molecule has 1 fully saturated rings. The number of piperidine rings is 1. The number of carboxylic acids is 1. The Labute approximate surface area is 104 Å². The number of hydrogen-bond acceptors (Lipinski definition) is 5. The molecule has 0 radical (unpaired) electrons. The summed E-state index contributed by atoms with van der Waals surface area (Å²) in [7, 11) is 1.98. The third-order valence-electron chi connectivity index (χ3n) is 3.15. The minimum Gasteiger partial charge on any atom is -0.477 e. The summed E-state index contributed by atoms with van der Waals surface area (Å²) >= 11 is 1.28. The zero-order chi connectivity index (χ0) is 12.4. The molecule has 6 heteroatoms. The Hall–Kier alpha value is -1.14. The summed E-state index contributed by atoms with van der Waals surface area (Å²) in [5, 5.41) is 13.1. The Morgan fingerprint density at radius 1 is 1.53 bits per heavy atom. The molecular formula is C11H17N3O2S. The Morgan fingerprint density at radius 2 is 2.18 bits per heavy atom. The molecule has 0 bridgehead atoms. The van der Waals surface area contributed by atoms with Crippen molar-refractivity contribution in [3.63, 3.8) is 0 Å². The SMILES string of the molecule is CNC1CCN(c2nc(C)c(C(=O)O)s2)CC1. The van der Waals surface area contributed by atoms with E-state index in [1.54, 1.807) is 6.92 Å². The molecule has 0 aliphatic carbocycles. The molecular weight excluding hydrogens is 238 g/mol. The first-order chi connectivity index (χ1) is 8.11. The van der Waals surface area contributed by atoms with Crippen molar-refractivity contribution >= 4 is 22.4 Å². The van der Waals surface area contributed by atoms with E-state index >= 15 is 0 Å². The lowest BCUT2D eigenvalue weighted by Gasteiger charge is -2.31. The van der Waals surface area contributed by atoms with Crippen molar-refractivity contribution in [2.24, 2.45) is 0 Å². The lowest BCUT2D eigenvalue weighted by Crippen LogP contribution is -2.41. The van der Waals surface area contributed by atoms with E-state index in [2.05, 4.69) is 15.2 Å². The number of aromatic nitrogens is 1. The molecule has 1 aromatic heterocycles. The molecule has 0 amide bonds. The first-order valence-electron chi connectivity index (χ1n) is 5.74. The number of thiazole rings is 1. The van der Waals surface area contributed by atoms with Crippen molar-refractivity contribution in [2.45, 2.75) is 25.8 Å². The molecule has 1 aliphatic heterocycles. The van der Waals surface area contributed by atoms with Crippen LogP contribution in [0.15, 0.2) is 0 Å². The van der Waals surface area contributed by atoms with Crippen LogP contribution in [0.25, 0.3) is 0 Å². The fraction of sp³-hybridized carbons (Fsp3) is 0.636. The van der Waals surface area contributed by atoms with Crippen molar-refractivity contribution in [2.75, 3.05) is 25.0 Å². The maximum Gasteiger partial charge on any atom is 0.347 e. The van der Waals surface area contributed by atoms with E-state index in [1.807, 2.05) is 7.05 Å². The van der Waals surface area contributed by atoms with Gasteiger partial charge in [0.15, 0.2) is 5.13 Å². The molecule has 0 unspecified atom stereocenters. The van der Waals surface area contributed by atoms with E-state index < -0.39 is 5.97 Å². The third kappa shape index (κ3) is 2.58. The zero-order valence-electron chi connectivity index (χ0n) is 10.1. The van der Waals surface area contributed by atoms with E-state index in [0.717, 1.165) is 31.1 Å². The summed E-state index contributed by atoms with van der Waals surface area (Å²) in [5.74, 6) is -0.878. The van der Waals surface area contributed by atoms with Gasteiger partial charge in [-0.1, -0.05) is 11.3 Å². The maximum atomic E-state index is 11.0. The number of nitrogens with one attached hydrogen (secondary N) is 1. The van der Waals surface area contributed by atoms with Gasteiger partial charge >= 0.3 is 5.97 Å². The van der Waals surface area contributed by atoms with Crippen LogP contribution in [0.1, 0.15) is 28.2 Å². The van der Waals surface area contributed by atoms with Crippen molar-refractivity contribution in [1.29, 1.82) is 0 Å². The summed E-state index contributed by atoms with van der Waals surface area (Å²) in [5.41, 5.74) is 0.619. The normalized spacial score (nSPS) is 17.4. The van der Waals surface area contributed by atoms with Crippen LogP contribution in [-0.4, -0.2) is 42.2 Å². The molecule has 2 heterocycles. The van der Waals surface area contributed by atoms with Crippen LogP contribution >= 0.6 is 11.3 Å². The van der Waals surface area contributed by atoms with Gasteiger partial charge in [-0.2, -0.15) is 0 Å². The average molecular weight is 255 g/mol. The molecule has 1 aliphatic rings. The quantitative estimate of drug-likeness (QED) is 0.853. The number of nitrogens with zero attached hydrogens (tertiary/aromatic N) is 2. The highest BCUT2D eigenvalue weighted by Crippen LogP contribution is 2.28. The summed E-state index contributed by atoms with van der Waals surface area (Å²) in [6, 6.07) is 0.575. The van der Waals surface area contributed by atoms with Gasteiger partial charge in [-0.15, -0.1) is 0 Å². The molecule has 1 aromatic rings. The Morgan fingerprint density at radius 3 is 2.65 bits per heavy atom. The number of carbonyl (C=O) groups is 1. The van der Waals surface area contributed by atoms with Gasteiger partial charge in [0.25, 0.3) is 0 Å². The standard InChI is InChI=1S/C11H17N3O2S/c1-7-9(10(15)16)17-11(13-7)14-5-3-8(12-2)4-6-14/h8,12H,3-6H2,1-2H3,(H,15,16). The van der Waals surface area contributed by atoms with Crippen molar-refractivity contribution in [1.82, 2.24) is 10.3 Å². The van der Waals surface area contributed by atoms with Crippen LogP contribution in [0.3, 0.4) is 0 Å². The summed E-state index contributed by atoms with van der Waals surface area (Å²) in [6.45, 7) is 3.64. The van der Waals surface area contributed by atoms with Gasteiger partial charge in [-0.25, -0.2) is 9.78 Å². The second-order valence-corrected chi connectivity index (χ2v) is 5.24. The molecule has 2 rings (SSSR count). The number of carboxylic acid groups (broad SMARTS) is 1. The number of rotatable bonds is 3. The summed E-state index contributed by atoms with van der Waals surface area (Å²) in [4.78, 5) is 17.8. The fourth-order valence-corrected chi connectivity index (χ4v) is 3.03. The smallest absolute Gasteiger partial charge is 0.347 e. The summed E-state index contributed by atoms with van der Waals surface area (Å²) in [6.07, 6.45) is 2.16. The Bertz CT molecular complexity index is 411. The van der Waals surface area contributed by atoms with Gasteiger partial charge in [-0.05, 0) is 26.8 Å². The lowest BCUT2D eigenvalue weighted by atomic mass is 10.1. The minimum atomic E-state index is -0.878. The predicted octanol–water partition coefficient (Wildman–Crippen LogP) is 1.34. The second kappa shape index (κ2) is 5.01. The lowest BCUT2D eigenvalue weighted by molar-refractivity contribution is 0.0701. The van der Waals surface area contributed by atoms with Crippen LogP contribution in [0.5, 0.6) is 0 Å². The van der Waals surface area contributed by atoms with E-state index in [9.17, 15) is 4.79 Å². The first-order valence-corrected chi connectivity index (χ1v) is 6.56. The van der Waals surface area contributed by atoms with E-state index in [-0.39, 0.29) is 0 Å². The fourth-order valence-electron chi connectivity index (χ4n) is 2.08. The van der Waals surface area contributed by atoms with E-state index in [4.69, 9.17) is 5.11 Å². The predicted molar refractivity (Wildman–Crippen MR) is 68.1 cm³/mol. The molecule has 0 atom stereocenters. The average Bonchev–Trinajstić information content (AvgIpc) is 2.71. The molecule has 0 spiro atoms. The third-order valence-corrected chi connectivity index (χ3v) is 4.36. The van der Waals surface area contributed by atoms with Crippen LogP contribution < -0.4 is 10.2 Å². The first kappa shape index (κ1) is 12.3. The highest BCUT2D eigenvalue weighted by atomic mass is 32.1. The zero-order valence-corrected chi connectivity index (χ0v) is 10.9. The van der Waals surface area contributed by atoms with E-state index in [1.165, 1.54) is 11.3 Å². The Balaban J connectivity index is 2.08. The van der Waals surface area contributed by atoms with Gasteiger partial charge in [0.2, 0.25) is 0 Å². The van der Waals surface area contributed by atoms with Crippen LogP contribution in [0.2, 0.25) is 0 Å². The second-order valence-electron chi connectivity index (χ2n) is 4.27. The molecule has 17 heavy (non-hydrogen) atoms. The highest BCUT2D eigenvalue weighted by Gasteiger charge is 2.22. The van der Waals surface area contributed by atoms with Crippen LogP contribution in [0.4, 0.5) is 5.13 Å². The largest absolute Gasteiger partial charge is 0.477 e. The van der Waals surface area contributed by atoms with Gasteiger partial charge in [0, 0.05) is 19.1 Å². The van der Waals surface area contributed by atoms with Crippen molar-refractivity contribution in [3.05, 3.63) is 10.6 Å². The van der Waals surface area contributed by atoms with Gasteiger partial charge in [-0.3, -0.25) is 0 Å². The molecule has 0 aromatic carbocycles. The van der Waals surface area contributed by atoms with Crippen LogP contribution in [-0.2, 0) is 0 Å². The van der Waals surface area contributed by atoms with Crippen LogP contribution in [0, 0.1) is 6.92 Å². The van der Waals surface area contributed by atoms with E-state index in [0.29, 0.717) is 16.6 Å². The monoisotopic (exact) mass is 255 g/mol. The van der Waals surface area contributed by atoms with Gasteiger partial charge in [0.1, 0.15) is 4.88 Å². The number of aryl methyl sites for hydroxylation is 1. The molecule has 0 saturated carbocycles. The van der Waals surface area contributed by atoms with Gasteiger partial charge in [0.05, 0.1) is 5.69 Å². The molecule has 5 nitrogen and oxygen atoms in total. The topological polar surface area (TPSA) is 65.5 Å². The van der Waals surface area contributed by atoms with Gasteiger partial charge < -0.3 is 15.3 Å². The molecule has 1 saturated heterocycles. The van der Waals surface area contributed by atoms with Crippen molar-refractivity contribution < 1.29 is 9.90 Å². The number of aromatic carboxylic acids is 1. The minimum absolute atomic E-state index is 0.357. The highest BCUT2D eigenvalue weighted by molar-refractivity contribution is 7.17. The molecule has 2 N–H and O–H groups in total. The maximum absolute atomic E-state index is 11.0. The van der Waals surface area contributed by atoms with Crippen molar-refractivity contribution in [3.8, 4) is 0 Å².